The van der Waals surface area contributed by atoms with Crippen LogP contribution in [0.4, 0.5) is 0 Å². The summed E-state index contributed by atoms with van der Waals surface area (Å²) in [6, 6.07) is 15.8. The Morgan fingerprint density at radius 1 is 0.958 bits per heavy atom. The van der Waals surface area contributed by atoms with Crippen molar-refractivity contribution in [2.24, 2.45) is 0 Å². The molecule has 1 heterocycles. The predicted molar refractivity (Wildman–Crippen MR) is 93.2 cm³/mol. The Morgan fingerprint density at radius 3 is 2.29 bits per heavy atom. The Morgan fingerprint density at radius 2 is 1.67 bits per heavy atom. The molecular formula is C19H19NO3S. The Labute approximate surface area is 142 Å². The summed E-state index contributed by atoms with van der Waals surface area (Å²) in [5.41, 5.74) is 3.68. The van der Waals surface area contributed by atoms with Crippen LogP contribution in [0, 0.1) is 13.8 Å². The van der Waals surface area contributed by atoms with Crippen molar-refractivity contribution >= 4 is 10.0 Å². The maximum Gasteiger partial charge on any atom is 0.241 e. The standard InChI is InChI=1S/C19H19NO3S/c1-14-7-9-17(10-8-14)24(21,22)20-19(16-11-12-23-13-16)18-6-4-3-5-15(18)2/h3-13,19-20H,1-2H3. The first-order valence-electron chi connectivity index (χ1n) is 7.64. The second kappa shape index (κ2) is 6.63. The van der Waals surface area contributed by atoms with Gasteiger partial charge in [0, 0.05) is 5.56 Å². The molecule has 24 heavy (non-hydrogen) atoms. The van der Waals surface area contributed by atoms with E-state index in [0.717, 1.165) is 22.3 Å². The van der Waals surface area contributed by atoms with Crippen LogP contribution in [-0.4, -0.2) is 8.42 Å². The van der Waals surface area contributed by atoms with Gasteiger partial charge >= 0.3 is 0 Å². The number of furan rings is 1. The van der Waals surface area contributed by atoms with Crippen LogP contribution in [0.25, 0.3) is 0 Å². The first-order valence-corrected chi connectivity index (χ1v) is 9.12. The third-order valence-corrected chi connectivity index (χ3v) is 5.42. The zero-order valence-corrected chi connectivity index (χ0v) is 14.4. The van der Waals surface area contributed by atoms with Gasteiger partial charge in [-0.3, -0.25) is 0 Å². The molecule has 0 radical (unpaired) electrons. The van der Waals surface area contributed by atoms with E-state index in [9.17, 15) is 8.42 Å². The lowest BCUT2D eigenvalue weighted by molar-refractivity contribution is 0.554. The van der Waals surface area contributed by atoms with Crippen molar-refractivity contribution in [3.8, 4) is 0 Å². The second-order valence-electron chi connectivity index (χ2n) is 5.78. The number of hydrogen-bond donors (Lipinski definition) is 1. The minimum absolute atomic E-state index is 0.246. The van der Waals surface area contributed by atoms with Crippen LogP contribution in [0.2, 0.25) is 0 Å². The molecule has 0 saturated heterocycles. The lowest BCUT2D eigenvalue weighted by Crippen LogP contribution is -2.29. The van der Waals surface area contributed by atoms with E-state index in [1.807, 2.05) is 38.1 Å². The number of hydrogen-bond acceptors (Lipinski definition) is 3. The summed E-state index contributed by atoms with van der Waals surface area (Å²) in [5, 5.41) is 0. The highest BCUT2D eigenvalue weighted by Crippen LogP contribution is 2.27. The molecule has 1 atom stereocenters. The maximum atomic E-state index is 12.8. The molecule has 0 spiro atoms. The first kappa shape index (κ1) is 16.5. The van der Waals surface area contributed by atoms with Crippen molar-refractivity contribution in [3.63, 3.8) is 0 Å². The largest absolute Gasteiger partial charge is 0.472 e. The Bertz CT molecular complexity index is 914. The average Bonchev–Trinajstić information content (AvgIpc) is 3.08. The van der Waals surface area contributed by atoms with Crippen molar-refractivity contribution in [2.75, 3.05) is 0 Å². The van der Waals surface area contributed by atoms with Crippen LogP contribution in [0.1, 0.15) is 28.3 Å². The van der Waals surface area contributed by atoms with E-state index in [-0.39, 0.29) is 4.90 Å². The highest BCUT2D eigenvalue weighted by molar-refractivity contribution is 7.89. The van der Waals surface area contributed by atoms with Crippen LogP contribution in [0.3, 0.4) is 0 Å². The topological polar surface area (TPSA) is 59.3 Å². The van der Waals surface area contributed by atoms with Gasteiger partial charge < -0.3 is 4.42 Å². The normalized spacial score (nSPS) is 12.9. The van der Waals surface area contributed by atoms with Crippen LogP contribution < -0.4 is 4.72 Å². The average molecular weight is 341 g/mol. The SMILES string of the molecule is Cc1ccc(S(=O)(=O)NC(c2ccoc2)c2ccccc2C)cc1. The van der Waals surface area contributed by atoms with Crippen molar-refractivity contribution in [1.29, 1.82) is 0 Å². The fourth-order valence-corrected chi connectivity index (χ4v) is 3.81. The zero-order valence-electron chi connectivity index (χ0n) is 13.6. The summed E-state index contributed by atoms with van der Waals surface area (Å²) in [5.74, 6) is 0. The second-order valence-corrected chi connectivity index (χ2v) is 7.49. The number of nitrogens with one attached hydrogen (secondary N) is 1. The Hall–Kier alpha value is -2.37. The molecular weight excluding hydrogens is 322 g/mol. The molecule has 4 nitrogen and oxygen atoms in total. The van der Waals surface area contributed by atoms with E-state index >= 15 is 0 Å². The summed E-state index contributed by atoms with van der Waals surface area (Å²) in [6.45, 7) is 3.88. The van der Waals surface area contributed by atoms with Gasteiger partial charge in [0.2, 0.25) is 10.0 Å². The fourth-order valence-electron chi connectivity index (χ4n) is 2.60. The molecule has 1 N–H and O–H groups in total. The Balaban J connectivity index is 2.01. The molecule has 2 aromatic carbocycles. The summed E-state index contributed by atoms with van der Waals surface area (Å²) in [7, 11) is -3.66. The van der Waals surface area contributed by atoms with Gasteiger partial charge in [0.05, 0.1) is 23.5 Å². The molecule has 0 aliphatic rings. The van der Waals surface area contributed by atoms with Gasteiger partial charge in [-0.25, -0.2) is 8.42 Å². The molecule has 0 aliphatic heterocycles. The summed E-state index contributed by atoms with van der Waals surface area (Å²) < 4.78 is 33.5. The molecule has 0 aliphatic carbocycles. The van der Waals surface area contributed by atoms with Crippen molar-refractivity contribution < 1.29 is 12.8 Å². The van der Waals surface area contributed by atoms with Gasteiger partial charge in [0.1, 0.15) is 0 Å². The molecule has 124 valence electrons. The molecule has 1 unspecified atom stereocenters. The van der Waals surface area contributed by atoms with E-state index in [4.69, 9.17) is 4.42 Å². The van der Waals surface area contributed by atoms with Gasteiger partial charge in [-0.05, 0) is 43.2 Å². The van der Waals surface area contributed by atoms with Gasteiger partial charge in [-0.1, -0.05) is 42.0 Å². The quantitative estimate of drug-likeness (QED) is 0.764. The third-order valence-electron chi connectivity index (χ3n) is 3.98. The van der Waals surface area contributed by atoms with E-state index in [2.05, 4.69) is 4.72 Å². The summed E-state index contributed by atoms with van der Waals surface area (Å²) in [6.07, 6.45) is 3.11. The van der Waals surface area contributed by atoms with E-state index in [1.165, 1.54) is 0 Å². The molecule has 3 aromatic rings. The molecule has 3 rings (SSSR count). The predicted octanol–water partition coefficient (Wildman–Crippen LogP) is 3.96. The molecule has 1 aromatic heterocycles. The van der Waals surface area contributed by atoms with Gasteiger partial charge in [0.15, 0.2) is 0 Å². The summed E-state index contributed by atoms with van der Waals surface area (Å²) in [4.78, 5) is 0.246. The van der Waals surface area contributed by atoms with Crippen molar-refractivity contribution in [3.05, 3.63) is 89.4 Å². The third kappa shape index (κ3) is 3.42. The van der Waals surface area contributed by atoms with Crippen LogP contribution in [0.5, 0.6) is 0 Å². The fraction of sp³-hybridized carbons (Fsp3) is 0.158. The molecule has 0 saturated carbocycles. The smallest absolute Gasteiger partial charge is 0.241 e. The first-order chi connectivity index (χ1) is 11.5. The molecule has 0 bridgehead atoms. The number of aryl methyl sites for hydroxylation is 2. The molecule has 0 fully saturated rings. The molecule has 0 amide bonds. The van der Waals surface area contributed by atoms with E-state index in [0.29, 0.717) is 0 Å². The minimum Gasteiger partial charge on any atom is -0.472 e. The highest BCUT2D eigenvalue weighted by Gasteiger charge is 2.24. The van der Waals surface area contributed by atoms with Crippen molar-refractivity contribution in [1.82, 2.24) is 4.72 Å². The number of sulfonamides is 1. The monoisotopic (exact) mass is 341 g/mol. The van der Waals surface area contributed by atoms with Crippen LogP contribution >= 0.6 is 0 Å². The number of rotatable bonds is 5. The van der Waals surface area contributed by atoms with E-state index < -0.39 is 16.1 Å². The van der Waals surface area contributed by atoms with Crippen molar-refractivity contribution in [2.45, 2.75) is 24.8 Å². The lowest BCUT2D eigenvalue weighted by Gasteiger charge is -2.20. The Kier molecular flexibility index (Phi) is 4.55. The van der Waals surface area contributed by atoms with Gasteiger partial charge in [0.25, 0.3) is 0 Å². The summed E-state index contributed by atoms with van der Waals surface area (Å²) >= 11 is 0. The van der Waals surface area contributed by atoms with Gasteiger partial charge in [-0.15, -0.1) is 0 Å². The van der Waals surface area contributed by atoms with Crippen LogP contribution in [-0.2, 0) is 10.0 Å². The maximum absolute atomic E-state index is 12.8. The van der Waals surface area contributed by atoms with Gasteiger partial charge in [-0.2, -0.15) is 4.72 Å². The lowest BCUT2D eigenvalue weighted by atomic mass is 9.98. The minimum atomic E-state index is -3.66. The zero-order chi connectivity index (χ0) is 17.2. The molecule has 5 heteroatoms. The van der Waals surface area contributed by atoms with Crippen LogP contribution in [0.15, 0.2) is 76.4 Å². The van der Waals surface area contributed by atoms with E-state index in [1.54, 1.807) is 42.9 Å². The number of benzene rings is 2. The highest BCUT2D eigenvalue weighted by atomic mass is 32.2.